The highest BCUT2D eigenvalue weighted by Gasteiger charge is 2.31. The maximum Gasteiger partial charge on any atom is 0.573 e. The molecular weight excluding hydrogens is 301 g/mol. The van der Waals surface area contributed by atoms with Gasteiger partial charge in [0, 0.05) is 24.4 Å². The predicted octanol–water partition coefficient (Wildman–Crippen LogP) is 3.27. The van der Waals surface area contributed by atoms with E-state index in [9.17, 15) is 13.2 Å². The molecule has 0 amide bonds. The van der Waals surface area contributed by atoms with Gasteiger partial charge in [0.25, 0.3) is 0 Å². The Hall–Kier alpha value is -0.920. The fraction of sp³-hybridized carbons (Fsp3) is 0.571. The molecule has 2 N–H and O–H groups in total. The van der Waals surface area contributed by atoms with Crippen molar-refractivity contribution in [1.82, 2.24) is 4.90 Å². The molecule has 7 heteroatoms. The van der Waals surface area contributed by atoms with E-state index in [0.717, 1.165) is 11.3 Å². The molecule has 0 heterocycles. The van der Waals surface area contributed by atoms with Gasteiger partial charge in [0.15, 0.2) is 0 Å². The molecule has 0 fully saturated rings. The summed E-state index contributed by atoms with van der Waals surface area (Å²) in [6.07, 6.45) is -2.64. The van der Waals surface area contributed by atoms with Gasteiger partial charge in [-0.25, -0.2) is 0 Å². The zero-order valence-electron chi connectivity index (χ0n) is 12.4. The van der Waals surface area contributed by atoms with Gasteiger partial charge in [-0.15, -0.1) is 13.2 Å². The Balaban J connectivity index is 2.82. The molecule has 0 spiro atoms. The molecule has 0 saturated heterocycles. The standard InChI is InChI=1S/C14H21F3N2OS/c1-10(9-21-3)19(2)13(8-18)11-4-6-12(7-5-11)20-14(15,16)17/h4-7,10,13H,8-9,18H2,1-3H3. The van der Waals surface area contributed by atoms with E-state index in [1.54, 1.807) is 23.9 Å². The molecule has 2 unspecified atom stereocenters. The van der Waals surface area contributed by atoms with E-state index in [1.807, 2.05) is 13.3 Å². The van der Waals surface area contributed by atoms with Gasteiger partial charge in [0.05, 0.1) is 0 Å². The molecule has 0 aromatic heterocycles. The van der Waals surface area contributed by atoms with E-state index in [1.165, 1.54) is 12.1 Å². The molecule has 0 saturated carbocycles. The Kier molecular flexibility index (Phi) is 6.83. The van der Waals surface area contributed by atoms with Crippen LogP contribution in [0.5, 0.6) is 5.75 Å². The highest BCUT2D eigenvalue weighted by Crippen LogP contribution is 2.26. The van der Waals surface area contributed by atoms with Crippen LogP contribution in [0.15, 0.2) is 24.3 Å². The number of ether oxygens (including phenoxy) is 1. The van der Waals surface area contributed by atoms with Crippen molar-refractivity contribution in [3.05, 3.63) is 29.8 Å². The number of halogens is 3. The topological polar surface area (TPSA) is 38.5 Å². The summed E-state index contributed by atoms with van der Waals surface area (Å²) in [7, 11) is 1.97. The quantitative estimate of drug-likeness (QED) is 0.836. The van der Waals surface area contributed by atoms with E-state index in [0.29, 0.717) is 12.6 Å². The van der Waals surface area contributed by atoms with Gasteiger partial charge in [-0.05, 0) is 37.9 Å². The highest BCUT2D eigenvalue weighted by atomic mass is 32.2. The normalized spacial score (nSPS) is 15.0. The lowest BCUT2D eigenvalue weighted by atomic mass is 10.0. The van der Waals surface area contributed by atoms with Crippen molar-refractivity contribution in [3.63, 3.8) is 0 Å². The van der Waals surface area contributed by atoms with Gasteiger partial charge < -0.3 is 10.5 Å². The fourth-order valence-electron chi connectivity index (χ4n) is 2.10. The average molecular weight is 322 g/mol. The van der Waals surface area contributed by atoms with Crippen LogP contribution < -0.4 is 10.5 Å². The summed E-state index contributed by atoms with van der Waals surface area (Å²) >= 11 is 1.74. The van der Waals surface area contributed by atoms with Crippen LogP contribution in [0.25, 0.3) is 0 Å². The van der Waals surface area contributed by atoms with Crippen molar-refractivity contribution in [3.8, 4) is 5.75 Å². The van der Waals surface area contributed by atoms with Crippen LogP contribution >= 0.6 is 11.8 Å². The number of likely N-dealkylation sites (N-methyl/N-ethyl adjacent to an activating group) is 1. The van der Waals surface area contributed by atoms with Gasteiger partial charge in [-0.1, -0.05) is 12.1 Å². The first-order chi connectivity index (χ1) is 9.78. The number of thioether (sulfide) groups is 1. The molecule has 3 nitrogen and oxygen atoms in total. The summed E-state index contributed by atoms with van der Waals surface area (Å²) in [6, 6.07) is 6.17. The second-order valence-electron chi connectivity index (χ2n) is 4.84. The first-order valence-electron chi connectivity index (χ1n) is 6.55. The van der Waals surface area contributed by atoms with Crippen molar-refractivity contribution in [2.75, 3.05) is 25.6 Å². The third-order valence-corrected chi connectivity index (χ3v) is 4.13. The molecule has 0 radical (unpaired) electrons. The lowest BCUT2D eigenvalue weighted by molar-refractivity contribution is -0.274. The predicted molar refractivity (Wildman–Crippen MR) is 80.5 cm³/mol. The number of nitrogens with zero attached hydrogens (tertiary/aromatic N) is 1. The average Bonchev–Trinajstić information content (AvgIpc) is 2.40. The third-order valence-electron chi connectivity index (χ3n) is 3.32. The second kappa shape index (κ2) is 7.91. The summed E-state index contributed by atoms with van der Waals surface area (Å²) in [5.74, 6) is 0.740. The SMILES string of the molecule is CSCC(C)N(C)C(CN)c1ccc(OC(F)(F)F)cc1. The van der Waals surface area contributed by atoms with Crippen molar-refractivity contribution >= 4 is 11.8 Å². The molecule has 0 aliphatic rings. The van der Waals surface area contributed by atoms with Crippen molar-refractivity contribution in [2.45, 2.75) is 25.4 Å². The Morgan fingerprint density at radius 1 is 1.29 bits per heavy atom. The molecule has 0 aliphatic heterocycles. The third kappa shape index (κ3) is 5.76. The Bertz CT molecular complexity index is 425. The van der Waals surface area contributed by atoms with E-state index in [4.69, 9.17) is 5.73 Å². The van der Waals surface area contributed by atoms with E-state index >= 15 is 0 Å². The Morgan fingerprint density at radius 2 is 1.86 bits per heavy atom. The first kappa shape index (κ1) is 18.1. The summed E-state index contributed by atoms with van der Waals surface area (Å²) in [4.78, 5) is 2.14. The van der Waals surface area contributed by atoms with E-state index < -0.39 is 6.36 Å². The lowest BCUT2D eigenvalue weighted by Gasteiger charge is -2.32. The van der Waals surface area contributed by atoms with Crippen molar-refractivity contribution in [2.24, 2.45) is 5.73 Å². The Labute approximate surface area is 127 Å². The van der Waals surface area contributed by atoms with Crippen LogP contribution in [-0.4, -0.2) is 42.9 Å². The van der Waals surface area contributed by atoms with E-state index in [2.05, 4.69) is 16.6 Å². The second-order valence-corrected chi connectivity index (χ2v) is 5.75. The molecule has 21 heavy (non-hydrogen) atoms. The minimum absolute atomic E-state index is 0.0351. The van der Waals surface area contributed by atoms with Crippen LogP contribution in [-0.2, 0) is 0 Å². The minimum atomic E-state index is -4.67. The summed E-state index contributed by atoms with van der Waals surface area (Å²) in [5.41, 5.74) is 6.70. The molecule has 120 valence electrons. The lowest BCUT2D eigenvalue weighted by Crippen LogP contribution is -2.38. The zero-order chi connectivity index (χ0) is 16.0. The van der Waals surface area contributed by atoms with Crippen molar-refractivity contribution in [1.29, 1.82) is 0 Å². The zero-order valence-corrected chi connectivity index (χ0v) is 13.2. The molecule has 0 bridgehead atoms. The van der Waals surface area contributed by atoms with Gasteiger partial charge in [0.2, 0.25) is 0 Å². The number of alkyl halides is 3. The number of benzene rings is 1. The summed E-state index contributed by atoms with van der Waals surface area (Å²) in [6.45, 7) is 2.50. The van der Waals surface area contributed by atoms with E-state index in [-0.39, 0.29) is 11.8 Å². The molecule has 2 atom stereocenters. The molecule has 0 aliphatic carbocycles. The molecule has 1 rings (SSSR count). The molecule has 1 aromatic carbocycles. The smallest absolute Gasteiger partial charge is 0.406 e. The number of hydrogen-bond acceptors (Lipinski definition) is 4. The largest absolute Gasteiger partial charge is 0.573 e. The van der Waals surface area contributed by atoms with Crippen LogP contribution in [0.2, 0.25) is 0 Å². The Morgan fingerprint density at radius 3 is 2.29 bits per heavy atom. The van der Waals surface area contributed by atoms with Gasteiger partial charge in [-0.2, -0.15) is 11.8 Å². The van der Waals surface area contributed by atoms with Gasteiger partial charge >= 0.3 is 6.36 Å². The monoisotopic (exact) mass is 322 g/mol. The van der Waals surface area contributed by atoms with Crippen LogP contribution in [0.4, 0.5) is 13.2 Å². The molecular formula is C14H21F3N2OS. The summed E-state index contributed by atoms with van der Waals surface area (Å²) < 4.78 is 40.3. The molecule has 1 aromatic rings. The number of hydrogen-bond donors (Lipinski definition) is 1. The number of nitrogens with two attached hydrogens (primary N) is 1. The minimum Gasteiger partial charge on any atom is -0.406 e. The van der Waals surface area contributed by atoms with Crippen LogP contribution in [0, 0.1) is 0 Å². The van der Waals surface area contributed by atoms with Gasteiger partial charge in [0.1, 0.15) is 5.75 Å². The maximum atomic E-state index is 12.1. The first-order valence-corrected chi connectivity index (χ1v) is 7.94. The van der Waals surface area contributed by atoms with Crippen LogP contribution in [0.1, 0.15) is 18.5 Å². The maximum absolute atomic E-state index is 12.1. The van der Waals surface area contributed by atoms with Crippen molar-refractivity contribution < 1.29 is 17.9 Å². The number of rotatable bonds is 7. The fourth-order valence-corrected chi connectivity index (χ4v) is 2.81. The highest BCUT2D eigenvalue weighted by molar-refractivity contribution is 7.98. The van der Waals surface area contributed by atoms with Crippen LogP contribution in [0.3, 0.4) is 0 Å². The summed E-state index contributed by atoms with van der Waals surface area (Å²) in [5, 5.41) is 0. The van der Waals surface area contributed by atoms with Gasteiger partial charge in [-0.3, -0.25) is 4.90 Å².